The van der Waals surface area contributed by atoms with Crippen LogP contribution in [0.2, 0.25) is 0 Å². The Morgan fingerprint density at radius 2 is 1.62 bits per heavy atom. The predicted octanol–water partition coefficient (Wildman–Crippen LogP) is 6.14. The number of ether oxygens (including phenoxy) is 1. The van der Waals surface area contributed by atoms with Gasteiger partial charge in [-0.2, -0.15) is 0 Å². The van der Waals surface area contributed by atoms with Gasteiger partial charge in [-0.15, -0.1) is 0 Å². The smallest absolute Gasteiger partial charge is 0.216 e. The van der Waals surface area contributed by atoms with Gasteiger partial charge in [0.2, 0.25) is 5.69 Å². The lowest BCUT2D eigenvalue weighted by Crippen LogP contribution is -2.44. The standard InChI is InChI=1S/C27H30NO/c1-19-12-13-22-25(29-26(2,3)27(22)15-8-9-16-27)24(19)23-18-21(14-17-28(23)4)20-10-6-5-7-11-20/h5-7,10-14,17-18H,8-9,15-16H2,1-4H3/q+1. The minimum atomic E-state index is -0.163. The fourth-order valence-corrected chi connectivity index (χ4v) is 5.64. The number of benzene rings is 2. The molecule has 148 valence electrons. The van der Waals surface area contributed by atoms with Gasteiger partial charge in [-0.05, 0) is 50.3 Å². The van der Waals surface area contributed by atoms with Crippen LogP contribution in [0.15, 0.2) is 60.8 Å². The maximum atomic E-state index is 6.79. The Labute approximate surface area is 174 Å². The van der Waals surface area contributed by atoms with Gasteiger partial charge in [0, 0.05) is 23.1 Å². The number of pyridine rings is 1. The van der Waals surface area contributed by atoms with Gasteiger partial charge in [-0.1, -0.05) is 55.3 Å². The Morgan fingerprint density at radius 1 is 0.897 bits per heavy atom. The second kappa shape index (κ2) is 6.45. The molecule has 2 heteroatoms. The normalized spacial score (nSPS) is 18.6. The molecule has 1 aliphatic heterocycles. The van der Waals surface area contributed by atoms with E-state index in [1.165, 1.54) is 59.2 Å². The summed E-state index contributed by atoms with van der Waals surface area (Å²) in [5.74, 6) is 1.11. The Hall–Kier alpha value is -2.61. The fraction of sp³-hybridized carbons (Fsp3) is 0.370. The van der Waals surface area contributed by atoms with Gasteiger partial charge in [-0.3, -0.25) is 0 Å². The highest BCUT2D eigenvalue weighted by Gasteiger charge is 2.56. The lowest BCUT2D eigenvalue weighted by molar-refractivity contribution is -0.660. The van der Waals surface area contributed by atoms with E-state index in [1.807, 2.05) is 0 Å². The SMILES string of the molecule is Cc1ccc2c(c1-c1cc(-c3ccccc3)cc[n+]1C)OC(C)(C)C21CCCC1. The van der Waals surface area contributed by atoms with E-state index in [1.54, 1.807) is 0 Å². The fourth-order valence-electron chi connectivity index (χ4n) is 5.64. The van der Waals surface area contributed by atoms with Gasteiger partial charge in [0.1, 0.15) is 18.4 Å². The molecule has 2 heterocycles. The Kier molecular flexibility index (Phi) is 4.10. The number of hydrogen-bond acceptors (Lipinski definition) is 1. The van der Waals surface area contributed by atoms with Gasteiger partial charge in [0.25, 0.3) is 0 Å². The van der Waals surface area contributed by atoms with Crippen molar-refractivity contribution in [3.63, 3.8) is 0 Å². The molecule has 1 aliphatic carbocycles. The first kappa shape index (κ1) is 18.4. The number of nitrogens with zero attached hydrogens (tertiary/aromatic N) is 1. The zero-order valence-corrected chi connectivity index (χ0v) is 18.0. The predicted molar refractivity (Wildman–Crippen MR) is 118 cm³/mol. The van der Waals surface area contributed by atoms with Gasteiger partial charge >= 0.3 is 0 Å². The Bertz CT molecular complexity index is 1080. The molecule has 0 N–H and O–H groups in total. The lowest BCUT2D eigenvalue weighted by atomic mass is 9.69. The quantitative estimate of drug-likeness (QED) is 0.484. The minimum absolute atomic E-state index is 0.153. The van der Waals surface area contributed by atoms with E-state index >= 15 is 0 Å². The topological polar surface area (TPSA) is 13.1 Å². The Morgan fingerprint density at radius 3 is 2.34 bits per heavy atom. The minimum Gasteiger partial charge on any atom is -0.486 e. The van der Waals surface area contributed by atoms with Crippen LogP contribution in [0.3, 0.4) is 0 Å². The summed E-state index contributed by atoms with van der Waals surface area (Å²) < 4.78 is 9.01. The number of aromatic nitrogens is 1. The van der Waals surface area contributed by atoms with Crippen molar-refractivity contribution in [3.05, 3.63) is 71.9 Å². The van der Waals surface area contributed by atoms with Crippen molar-refractivity contribution in [3.8, 4) is 28.1 Å². The first-order valence-electron chi connectivity index (χ1n) is 10.8. The summed E-state index contributed by atoms with van der Waals surface area (Å²) in [4.78, 5) is 0. The van der Waals surface area contributed by atoms with Crippen LogP contribution in [0, 0.1) is 6.92 Å². The van der Waals surface area contributed by atoms with Crippen LogP contribution in [0.5, 0.6) is 5.75 Å². The second-order valence-electron chi connectivity index (χ2n) is 9.31. The molecule has 1 fully saturated rings. The average molecular weight is 385 g/mol. The van der Waals surface area contributed by atoms with E-state index in [4.69, 9.17) is 4.74 Å². The summed E-state index contributed by atoms with van der Waals surface area (Å²) in [5, 5.41) is 0. The van der Waals surface area contributed by atoms with Crippen molar-refractivity contribution in [2.45, 2.75) is 57.5 Å². The van der Waals surface area contributed by atoms with Gasteiger partial charge in [0.05, 0.1) is 5.56 Å². The largest absolute Gasteiger partial charge is 0.486 e. The molecular weight excluding hydrogens is 354 g/mol. The molecule has 2 aliphatic rings. The third-order valence-electron chi connectivity index (χ3n) is 7.36. The van der Waals surface area contributed by atoms with E-state index < -0.39 is 0 Å². The monoisotopic (exact) mass is 384 g/mol. The molecule has 0 atom stereocenters. The van der Waals surface area contributed by atoms with Crippen LogP contribution in [0.4, 0.5) is 0 Å². The molecule has 29 heavy (non-hydrogen) atoms. The third kappa shape index (κ3) is 2.65. The van der Waals surface area contributed by atoms with E-state index in [9.17, 15) is 0 Å². The molecule has 5 rings (SSSR count). The molecule has 0 bridgehead atoms. The molecular formula is C27H30NO+. The van der Waals surface area contributed by atoms with Crippen LogP contribution in [0.1, 0.15) is 50.7 Å². The molecule has 1 saturated carbocycles. The highest BCUT2D eigenvalue weighted by Crippen LogP contribution is 2.59. The zero-order chi connectivity index (χ0) is 20.2. The highest BCUT2D eigenvalue weighted by molar-refractivity contribution is 5.77. The van der Waals surface area contributed by atoms with E-state index in [2.05, 4.69) is 93.2 Å². The van der Waals surface area contributed by atoms with Crippen molar-refractivity contribution in [1.29, 1.82) is 0 Å². The number of aryl methyl sites for hydroxylation is 2. The third-order valence-corrected chi connectivity index (χ3v) is 7.36. The second-order valence-corrected chi connectivity index (χ2v) is 9.31. The molecule has 1 spiro atoms. The van der Waals surface area contributed by atoms with Gasteiger partial charge < -0.3 is 4.74 Å². The summed E-state index contributed by atoms with van der Waals surface area (Å²) in [6.07, 6.45) is 7.22. The molecule has 0 saturated heterocycles. The van der Waals surface area contributed by atoms with Gasteiger partial charge in [0.15, 0.2) is 6.20 Å². The van der Waals surface area contributed by atoms with Crippen LogP contribution in [-0.4, -0.2) is 5.60 Å². The summed E-state index contributed by atoms with van der Waals surface area (Å²) in [5.41, 5.74) is 7.63. The molecule has 0 radical (unpaired) electrons. The molecule has 0 unspecified atom stereocenters. The summed E-state index contributed by atoms with van der Waals surface area (Å²) >= 11 is 0. The van der Waals surface area contributed by atoms with Crippen LogP contribution < -0.4 is 9.30 Å². The average Bonchev–Trinajstić information content (AvgIpc) is 3.28. The van der Waals surface area contributed by atoms with E-state index in [-0.39, 0.29) is 11.0 Å². The van der Waals surface area contributed by atoms with Gasteiger partial charge in [-0.25, -0.2) is 4.57 Å². The molecule has 0 amide bonds. The summed E-state index contributed by atoms with van der Waals surface area (Å²) in [6, 6.07) is 19.8. The van der Waals surface area contributed by atoms with Crippen LogP contribution in [-0.2, 0) is 12.5 Å². The Balaban J connectivity index is 1.73. The van der Waals surface area contributed by atoms with Crippen molar-refractivity contribution in [1.82, 2.24) is 0 Å². The van der Waals surface area contributed by atoms with Crippen molar-refractivity contribution < 1.29 is 9.30 Å². The number of hydrogen-bond donors (Lipinski definition) is 0. The molecule has 3 aromatic rings. The van der Waals surface area contributed by atoms with Crippen LogP contribution in [0.25, 0.3) is 22.4 Å². The van der Waals surface area contributed by atoms with Crippen molar-refractivity contribution in [2.75, 3.05) is 0 Å². The molecule has 1 aromatic heterocycles. The first-order chi connectivity index (χ1) is 13.9. The maximum absolute atomic E-state index is 6.79. The maximum Gasteiger partial charge on any atom is 0.216 e. The summed E-state index contributed by atoms with van der Waals surface area (Å²) in [6.45, 7) is 6.79. The first-order valence-corrected chi connectivity index (χ1v) is 10.8. The number of rotatable bonds is 2. The number of fused-ring (bicyclic) bond motifs is 2. The lowest BCUT2D eigenvalue weighted by Gasteiger charge is -2.36. The van der Waals surface area contributed by atoms with Crippen LogP contribution >= 0.6 is 0 Å². The van der Waals surface area contributed by atoms with Crippen molar-refractivity contribution >= 4 is 0 Å². The summed E-state index contributed by atoms with van der Waals surface area (Å²) in [7, 11) is 2.13. The zero-order valence-electron chi connectivity index (χ0n) is 18.0. The molecule has 2 nitrogen and oxygen atoms in total. The van der Waals surface area contributed by atoms with E-state index in [0.717, 1.165) is 5.75 Å². The van der Waals surface area contributed by atoms with E-state index in [0.29, 0.717) is 0 Å². The van der Waals surface area contributed by atoms with Crippen molar-refractivity contribution in [2.24, 2.45) is 7.05 Å². The molecule has 2 aromatic carbocycles. The highest BCUT2D eigenvalue weighted by atomic mass is 16.5.